The highest BCUT2D eigenvalue weighted by molar-refractivity contribution is 6.07. The van der Waals surface area contributed by atoms with Gasteiger partial charge in [-0.15, -0.1) is 0 Å². The van der Waals surface area contributed by atoms with E-state index in [4.69, 9.17) is 0 Å². The molecule has 0 bridgehead atoms. The van der Waals surface area contributed by atoms with Gasteiger partial charge >= 0.3 is 0 Å². The van der Waals surface area contributed by atoms with Crippen LogP contribution in [-0.2, 0) is 4.79 Å². The van der Waals surface area contributed by atoms with E-state index in [0.717, 1.165) is 36.8 Å². The lowest BCUT2D eigenvalue weighted by atomic mass is 9.95. The van der Waals surface area contributed by atoms with Crippen LogP contribution in [0.2, 0.25) is 0 Å². The first kappa shape index (κ1) is 17.1. The Balaban J connectivity index is 1.36. The highest BCUT2D eigenvalue weighted by Crippen LogP contribution is 2.26. The lowest BCUT2D eigenvalue weighted by Gasteiger charge is -2.42. The quantitative estimate of drug-likeness (QED) is 0.914. The number of fused-ring (bicyclic) bond motifs is 1. The highest BCUT2D eigenvalue weighted by atomic mass is 16.2. The summed E-state index contributed by atoms with van der Waals surface area (Å²) < 4.78 is 0. The molecule has 1 N–H and O–H groups in total. The Morgan fingerprint density at radius 3 is 2.58 bits per heavy atom. The summed E-state index contributed by atoms with van der Waals surface area (Å²) in [6.07, 6.45) is 3.83. The fraction of sp³-hybridized carbons (Fsp3) is 0.500. The number of nitrogens with one attached hydrogen (secondary N) is 1. The zero-order valence-corrected chi connectivity index (χ0v) is 15.4. The molecule has 2 aliphatic rings. The molecule has 0 aliphatic carbocycles. The van der Waals surface area contributed by atoms with E-state index in [9.17, 15) is 9.59 Å². The van der Waals surface area contributed by atoms with Gasteiger partial charge < -0.3 is 19.7 Å². The topological polar surface area (TPSA) is 59.6 Å². The van der Waals surface area contributed by atoms with E-state index >= 15 is 0 Å². The SMILES string of the molecule is CN1CCC(N(C)C(=O)C2CN(C(=O)c3c[nH]c4ccccc34)C2)CC1. The zero-order chi connectivity index (χ0) is 18.3. The number of likely N-dealkylation sites (tertiary alicyclic amines) is 2. The van der Waals surface area contributed by atoms with Gasteiger partial charge in [-0.2, -0.15) is 0 Å². The number of hydrogen-bond acceptors (Lipinski definition) is 3. The number of amides is 2. The van der Waals surface area contributed by atoms with Crippen molar-refractivity contribution in [2.45, 2.75) is 18.9 Å². The van der Waals surface area contributed by atoms with Crippen LogP contribution in [0.5, 0.6) is 0 Å². The standard InChI is InChI=1S/C20H26N4O2/c1-22-9-7-15(8-10-22)23(2)19(25)14-12-24(13-14)20(26)17-11-21-18-6-4-3-5-16(17)18/h3-6,11,14-15,21H,7-10,12-13H2,1-2H3. The highest BCUT2D eigenvalue weighted by Gasteiger charge is 2.39. The third kappa shape index (κ3) is 2.98. The molecule has 6 nitrogen and oxygen atoms in total. The van der Waals surface area contributed by atoms with Crippen LogP contribution in [-0.4, -0.2) is 77.8 Å². The van der Waals surface area contributed by atoms with Gasteiger partial charge in [-0.05, 0) is 39.0 Å². The first-order valence-electron chi connectivity index (χ1n) is 9.35. The lowest BCUT2D eigenvalue weighted by molar-refractivity contribution is -0.141. The zero-order valence-electron chi connectivity index (χ0n) is 15.4. The molecule has 4 rings (SSSR count). The van der Waals surface area contributed by atoms with Crippen LogP contribution >= 0.6 is 0 Å². The average Bonchev–Trinajstić information content (AvgIpc) is 3.04. The number of carbonyl (C=O) groups excluding carboxylic acids is 2. The molecular formula is C20H26N4O2. The second kappa shape index (κ2) is 6.76. The smallest absolute Gasteiger partial charge is 0.256 e. The second-order valence-electron chi connectivity index (χ2n) is 7.64. The summed E-state index contributed by atoms with van der Waals surface area (Å²) in [7, 11) is 4.04. The third-order valence-corrected chi connectivity index (χ3v) is 5.92. The molecule has 6 heteroatoms. The summed E-state index contributed by atoms with van der Waals surface area (Å²) in [6.45, 7) is 3.12. The summed E-state index contributed by atoms with van der Waals surface area (Å²) in [6, 6.07) is 8.13. The molecule has 1 aromatic heterocycles. The largest absolute Gasteiger partial charge is 0.360 e. The second-order valence-corrected chi connectivity index (χ2v) is 7.64. The van der Waals surface area contributed by atoms with Crippen LogP contribution in [0.15, 0.2) is 30.5 Å². The van der Waals surface area contributed by atoms with E-state index < -0.39 is 0 Å². The van der Waals surface area contributed by atoms with Crippen LogP contribution in [0.3, 0.4) is 0 Å². The van der Waals surface area contributed by atoms with Crippen molar-refractivity contribution in [2.75, 3.05) is 40.3 Å². The molecular weight excluding hydrogens is 328 g/mol. The van der Waals surface area contributed by atoms with Gasteiger partial charge in [-0.1, -0.05) is 18.2 Å². The number of H-pyrrole nitrogens is 1. The van der Waals surface area contributed by atoms with Crippen molar-refractivity contribution in [2.24, 2.45) is 5.92 Å². The molecule has 2 fully saturated rings. The monoisotopic (exact) mass is 354 g/mol. The molecule has 0 unspecified atom stereocenters. The van der Waals surface area contributed by atoms with E-state index in [1.165, 1.54) is 0 Å². The maximum absolute atomic E-state index is 12.8. The molecule has 0 radical (unpaired) electrons. The summed E-state index contributed by atoms with van der Waals surface area (Å²) in [5.41, 5.74) is 1.65. The Labute approximate surface area is 153 Å². The Morgan fingerprint density at radius 1 is 1.15 bits per heavy atom. The number of aromatic nitrogens is 1. The normalized spacial score (nSPS) is 19.5. The number of para-hydroxylation sites is 1. The molecule has 0 saturated carbocycles. The Bertz CT molecular complexity index is 816. The molecule has 0 spiro atoms. The molecule has 2 saturated heterocycles. The van der Waals surface area contributed by atoms with E-state index in [2.05, 4.69) is 16.9 Å². The number of piperidine rings is 1. The van der Waals surface area contributed by atoms with E-state index in [1.807, 2.05) is 36.2 Å². The minimum absolute atomic E-state index is 0.00782. The molecule has 1 aromatic carbocycles. The van der Waals surface area contributed by atoms with Crippen LogP contribution in [0, 0.1) is 5.92 Å². The fourth-order valence-electron chi connectivity index (χ4n) is 4.07. The molecule has 26 heavy (non-hydrogen) atoms. The lowest BCUT2D eigenvalue weighted by Crippen LogP contribution is -2.57. The van der Waals surface area contributed by atoms with Crippen LogP contribution in [0.1, 0.15) is 23.2 Å². The minimum atomic E-state index is -0.0613. The first-order chi connectivity index (χ1) is 12.5. The van der Waals surface area contributed by atoms with Crippen LogP contribution in [0.4, 0.5) is 0 Å². The summed E-state index contributed by atoms with van der Waals surface area (Å²) in [5.74, 6) is 0.129. The van der Waals surface area contributed by atoms with Crippen molar-refractivity contribution in [3.8, 4) is 0 Å². The molecule has 138 valence electrons. The molecule has 2 amide bonds. The first-order valence-corrected chi connectivity index (χ1v) is 9.35. The molecule has 2 aromatic rings. The number of nitrogens with zero attached hydrogens (tertiary/aromatic N) is 3. The van der Waals surface area contributed by atoms with E-state index in [0.29, 0.717) is 24.7 Å². The van der Waals surface area contributed by atoms with Crippen LogP contribution in [0.25, 0.3) is 10.9 Å². The number of benzene rings is 1. The summed E-state index contributed by atoms with van der Waals surface area (Å²) in [4.78, 5) is 34.6. The Kier molecular flexibility index (Phi) is 4.44. The van der Waals surface area contributed by atoms with Crippen LogP contribution < -0.4 is 0 Å². The van der Waals surface area contributed by atoms with Gasteiger partial charge in [-0.25, -0.2) is 0 Å². The predicted molar refractivity (Wildman–Crippen MR) is 101 cm³/mol. The summed E-state index contributed by atoms with van der Waals surface area (Å²) in [5, 5.41) is 0.940. The van der Waals surface area contributed by atoms with Crippen molar-refractivity contribution in [3.05, 3.63) is 36.0 Å². The average molecular weight is 354 g/mol. The van der Waals surface area contributed by atoms with Crippen molar-refractivity contribution in [3.63, 3.8) is 0 Å². The van der Waals surface area contributed by atoms with Crippen molar-refractivity contribution >= 4 is 22.7 Å². The van der Waals surface area contributed by atoms with Crippen molar-refractivity contribution in [1.82, 2.24) is 19.7 Å². The summed E-state index contributed by atoms with van der Waals surface area (Å²) >= 11 is 0. The van der Waals surface area contributed by atoms with Crippen molar-refractivity contribution < 1.29 is 9.59 Å². The van der Waals surface area contributed by atoms with Gasteiger partial charge in [0.2, 0.25) is 5.91 Å². The molecule has 2 aliphatic heterocycles. The predicted octanol–water partition coefficient (Wildman–Crippen LogP) is 1.79. The Morgan fingerprint density at radius 2 is 1.85 bits per heavy atom. The van der Waals surface area contributed by atoms with Gasteiger partial charge in [-0.3, -0.25) is 9.59 Å². The minimum Gasteiger partial charge on any atom is -0.360 e. The van der Waals surface area contributed by atoms with Gasteiger partial charge in [0.15, 0.2) is 0 Å². The maximum Gasteiger partial charge on any atom is 0.256 e. The van der Waals surface area contributed by atoms with Crippen molar-refractivity contribution in [1.29, 1.82) is 0 Å². The third-order valence-electron chi connectivity index (χ3n) is 5.92. The van der Waals surface area contributed by atoms with Gasteiger partial charge in [0.25, 0.3) is 5.91 Å². The Hall–Kier alpha value is -2.34. The van der Waals surface area contributed by atoms with Gasteiger partial charge in [0.1, 0.15) is 0 Å². The number of hydrogen-bond donors (Lipinski definition) is 1. The molecule has 0 atom stereocenters. The maximum atomic E-state index is 12.8. The van der Waals surface area contributed by atoms with E-state index in [1.54, 1.807) is 11.1 Å². The van der Waals surface area contributed by atoms with Gasteiger partial charge in [0, 0.05) is 43.3 Å². The number of carbonyl (C=O) groups is 2. The molecule has 3 heterocycles. The number of aromatic amines is 1. The van der Waals surface area contributed by atoms with Gasteiger partial charge in [0.05, 0.1) is 11.5 Å². The number of rotatable bonds is 3. The fourth-order valence-corrected chi connectivity index (χ4v) is 4.07. The van der Waals surface area contributed by atoms with E-state index in [-0.39, 0.29) is 17.7 Å².